The molecule has 2 fully saturated rings. The molecule has 6 atom stereocenters. The van der Waals surface area contributed by atoms with E-state index in [1.165, 1.54) is 36.2 Å². The van der Waals surface area contributed by atoms with E-state index in [-0.39, 0.29) is 42.1 Å². The minimum absolute atomic E-state index is 0.0138. The highest BCUT2D eigenvalue weighted by molar-refractivity contribution is 6.32. The zero-order chi connectivity index (χ0) is 31.8. The zero-order valence-electron chi connectivity index (χ0n) is 24.9. The first-order valence-corrected chi connectivity index (χ1v) is 15.0. The molecule has 0 aromatic heterocycles. The van der Waals surface area contributed by atoms with Gasteiger partial charge in [0.25, 0.3) is 0 Å². The Hall–Kier alpha value is -3.80. The van der Waals surface area contributed by atoms with E-state index in [9.17, 15) is 34.2 Å². The number of hydrogen-bond acceptors (Lipinski definition) is 9. The average molecular weight is 606 g/mol. The van der Waals surface area contributed by atoms with Crippen LogP contribution in [-0.2, 0) is 45.0 Å². The molecule has 0 saturated heterocycles. The average Bonchev–Trinajstić information content (AvgIpc) is 3.39. The first kappa shape index (κ1) is 30.2. The SMILES string of the molecule is CCN(Cc1cc(O)c2c(c1F)C[C@H]1C[C@H]3[C@H](N(C)C)C(=O)C(C(N)=O)C(=O)[C@@]3(O)C(=O)C1C2=O)C1Cc2ccccc2C1. The number of likely N-dealkylation sites (N-methyl/N-ethyl adjacent to an activating group) is 2. The van der Waals surface area contributed by atoms with Gasteiger partial charge in [0, 0.05) is 29.6 Å². The van der Waals surface area contributed by atoms with Gasteiger partial charge in [0.05, 0.1) is 17.5 Å². The van der Waals surface area contributed by atoms with E-state index >= 15 is 4.39 Å². The molecule has 0 heterocycles. The molecule has 0 aliphatic heterocycles. The van der Waals surface area contributed by atoms with Crippen LogP contribution in [0.2, 0.25) is 0 Å². The molecule has 2 aromatic rings. The standard InChI is InChI=1S/C33H36FN3O7/c1-4-37(19-9-15-7-5-6-8-16(15)10-19)14-18-13-22(38)24-20(26(18)34)11-17-12-21-27(36(2)3)29(40)25(32(35)43)31(42)33(21,44)30(41)23(17)28(24)39/h5-8,13,17,19,21,23,25,27,38,44H,4,9-12,14H2,1-3H3,(H2,35,43)/t17-,21-,23?,25?,27-,33-/m0/s1. The molecule has 2 saturated carbocycles. The Morgan fingerprint density at radius 1 is 1.07 bits per heavy atom. The van der Waals surface area contributed by atoms with Crippen molar-refractivity contribution in [3.63, 3.8) is 0 Å². The Kier molecular flexibility index (Phi) is 7.34. The molecule has 0 spiro atoms. The fourth-order valence-corrected chi connectivity index (χ4v) is 8.33. The molecule has 0 radical (unpaired) electrons. The number of phenolic OH excluding ortho intramolecular Hbond substituents is 1. The summed E-state index contributed by atoms with van der Waals surface area (Å²) in [5.41, 5.74) is 4.91. The molecule has 2 unspecified atom stereocenters. The number of Topliss-reactive ketones (excluding diaryl/α,β-unsaturated/α-hetero) is 4. The highest BCUT2D eigenvalue weighted by Crippen LogP contribution is 2.51. The summed E-state index contributed by atoms with van der Waals surface area (Å²) < 4.78 is 16.3. The van der Waals surface area contributed by atoms with Crippen molar-refractivity contribution >= 4 is 29.0 Å². The van der Waals surface area contributed by atoms with Gasteiger partial charge >= 0.3 is 0 Å². The van der Waals surface area contributed by atoms with Crippen LogP contribution < -0.4 is 5.73 Å². The first-order valence-electron chi connectivity index (χ1n) is 15.0. The van der Waals surface area contributed by atoms with Crippen molar-refractivity contribution in [2.24, 2.45) is 29.4 Å². The van der Waals surface area contributed by atoms with E-state index in [0.717, 1.165) is 12.8 Å². The number of carbonyl (C=O) groups excluding carboxylic acids is 5. The van der Waals surface area contributed by atoms with Gasteiger partial charge in [-0.25, -0.2) is 4.39 Å². The molecule has 4 aliphatic rings. The molecule has 44 heavy (non-hydrogen) atoms. The number of hydrogen-bond donors (Lipinski definition) is 3. The molecule has 1 amide bonds. The first-order chi connectivity index (χ1) is 20.8. The van der Waals surface area contributed by atoms with Crippen molar-refractivity contribution < 1.29 is 38.6 Å². The second-order valence-electron chi connectivity index (χ2n) is 12.9. The van der Waals surface area contributed by atoms with Crippen molar-refractivity contribution in [3.8, 4) is 5.75 Å². The molecule has 0 bridgehead atoms. The molecule has 11 heteroatoms. The maximum absolute atomic E-state index is 16.3. The number of halogens is 1. The highest BCUT2D eigenvalue weighted by Gasteiger charge is 2.69. The Morgan fingerprint density at radius 2 is 1.70 bits per heavy atom. The third-order valence-electron chi connectivity index (χ3n) is 10.4. The molecular formula is C33H36FN3O7. The van der Waals surface area contributed by atoms with Gasteiger partial charge in [-0.1, -0.05) is 31.2 Å². The Bertz CT molecular complexity index is 1600. The number of carbonyl (C=O) groups is 5. The summed E-state index contributed by atoms with van der Waals surface area (Å²) >= 11 is 0. The van der Waals surface area contributed by atoms with Gasteiger partial charge in [0.15, 0.2) is 34.7 Å². The summed E-state index contributed by atoms with van der Waals surface area (Å²) in [6, 6.07) is 8.32. The van der Waals surface area contributed by atoms with Gasteiger partial charge in [-0.3, -0.25) is 33.8 Å². The quantitative estimate of drug-likeness (QED) is 0.409. The Balaban J connectivity index is 1.35. The number of nitrogens with zero attached hydrogens (tertiary/aromatic N) is 2. The summed E-state index contributed by atoms with van der Waals surface area (Å²) in [5, 5.41) is 22.7. The molecule has 2 aromatic carbocycles. The van der Waals surface area contributed by atoms with Crippen LogP contribution in [0.3, 0.4) is 0 Å². The highest BCUT2D eigenvalue weighted by atomic mass is 19.1. The van der Waals surface area contributed by atoms with Crippen molar-refractivity contribution in [1.29, 1.82) is 0 Å². The van der Waals surface area contributed by atoms with Gasteiger partial charge in [0.2, 0.25) is 5.91 Å². The fraction of sp³-hybridized carbons (Fsp3) is 0.485. The van der Waals surface area contributed by atoms with Crippen LogP contribution in [0.25, 0.3) is 0 Å². The summed E-state index contributed by atoms with van der Waals surface area (Å²) in [5.74, 6) is -12.3. The third kappa shape index (κ3) is 4.28. The van der Waals surface area contributed by atoms with E-state index in [1.807, 2.05) is 19.1 Å². The van der Waals surface area contributed by atoms with Crippen LogP contribution in [0.5, 0.6) is 5.75 Å². The van der Waals surface area contributed by atoms with Crippen LogP contribution in [0, 0.1) is 29.5 Å². The predicted molar refractivity (Wildman–Crippen MR) is 155 cm³/mol. The molecule has 4 aliphatic carbocycles. The smallest absolute Gasteiger partial charge is 0.235 e. The minimum atomic E-state index is -2.81. The van der Waals surface area contributed by atoms with Gasteiger partial charge < -0.3 is 15.9 Å². The van der Waals surface area contributed by atoms with Gasteiger partial charge in [-0.15, -0.1) is 0 Å². The maximum Gasteiger partial charge on any atom is 0.235 e. The number of aromatic hydroxyl groups is 1. The van der Waals surface area contributed by atoms with Crippen molar-refractivity contribution in [3.05, 3.63) is 64.0 Å². The number of benzene rings is 2. The second-order valence-corrected chi connectivity index (χ2v) is 12.9. The topological polar surface area (TPSA) is 158 Å². The summed E-state index contributed by atoms with van der Waals surface area (Å²) in [4.78, 5) is 70.1. The molecule has 4 N–H and O–H groups in total. The number of fused-ring (bicyclic) bond motifs is 4. The number of nitrogens with two attached hydrogens (primary N) is 1. The third-order valence-corrected chi connectivity index (χ3v) is 10.4. The largest absolute Gasteiger partial charge is 0.507 e. The summed E-state index contributed by atoms with van der Waals surface area (Å²) in [6.07, 6.45) is 1.40. The lowest BCUT2D eigenvalue weighted by Gasteiger charge is -2.52. The van der Waals surface area contributed by atoms with E-state index < -0.39 is 75.9 Å². The van der Waals surface area contributed by atoms with Crippen LogP contribution in [0.4, 0.5) is 4.39 Å². The number of primary amides is 1. The molecular weight excluding hydrogens is 569 g/mol. The lowest BCUT2D eigenvalue weighted by atomic mass is 9.52. The normalized spacial score (nSPS) is 29.9. The van der Waals surface area contributed by atoms with Crippen molar-refractivity contribution in [2.45, 2.75) is 56.8 Å². The van der Waals surface area contributed by atoms with Gasteiger partial charge in [0.1, 0.15) is 11.6 Å². The summed E-state index contributed by atoms with van der Waals surface area (Å²) in [7, 11) is 3.03. The van der Waals surface area contributed by atoms with Crippen molar-refractivity contribution in [2.75, 3.05) is 20.6 Å². The number of amides is 1. The van der Waals surface area contributed by atoms with Gasteiger partial charge in [-0.05, 0) is 69.4 Å². The van der Waals surface area contributed by atoms with E-state index in [2.05, 4.69) is 17.0 Å². The zero-order valence-corrected chi connectivity index (χ0v) is 24.9. The molecule has 10 nitrogen and oxygen atoms in total. The molecule has 6 rings (SSSR count). The van der Waals surface area contributed by atoms with Gasteiger partial charge in [-0.2, -0.15) is 0 Å². The van der Waals surface area contributed by atoms with Crippen LogP contribution in [0.15, 0.2) is 30.3 Å². The monoisotopic (exact) mass is 605 g/mol. The summed E-state index contributed by atoms with van der Waals surface area (Å²) in [6.45, 7) is 2.82. The van der Waals surface area contributed by atoms with E-state index in [4.69, 9.17) is 5.73 Å². The number of aliphatic hydroxyl groups is 1. The second kappa shape index (κ2) is 10.7. The number of ketones is 4. The Morgan fingerprint density at radius 3 is 2.27 bits per heavy atom. The van der Waals surface area contributed by atoms with Crippen LogP contribution in [-0.4, -0.2) is 87.4 Å². The minimum Gasteiger partial charge on any atom is -0.507 e. The number of phenols is 1. The van der Waals surface area contributed by atoms with Crippen LogP contribution in [0.1, 0.15) is 46.0 Å². The fourth-order valence-electron chi connectivity index (χ4n) is 8.33. The lowest BCUT2D eigenvalue weighted by Crippen LogP contribution is -2.74. The van der Waals surface area contributed by atoms with Crippen molar-refractivity contribution in [1.82, 2.24) is 9.80 Å². The van der Waals surface area contributed by atoms with E-state index in [0.29, 0.717) is 6.54 Å². The lowest BCUT2D eigenvalue weighted by molar-refractivity contribution is -0.181. The number of rotatable bonds is 6. The maximum atomic E-state index is 16.3. The van der Waals surface area contributed by atoms with Crippen LogP contribution >= 0.6 is 0 Å². The predicted octanol–water partition coefficient (Wildman–Crippen LogP) is 0.995. The Labute approximate surface area is 254 Å². The molecule has 232 valence electrons. The van der Waals surface area contributed by atoms with E-state index in [1.54, 1.807) is 0 Å².